The van der Waals surface area contributed by atoms with Gasteiger partial charge in [-0.15, -0.1) is 30.1 Å². The number of hydrogen-bond donors (Lipinski definition) is 0. The molecule has 2 fully saturated rings. The molecule has 1 heterocycles. The lowest BCUT2D eigenvalue weighted by Gasteiger charge is -2.29. The topological polar surface area (TPSA) is 0 Å². The Labute approximate surface area is 106 Å². The van der Waals surface area contributed by atoms with Gasteiger partial charge in [0, 0.05) is 22.0 Å². The minimum atomic E-state index is 0.593. The van der Waals surface area contributed by atoms with E-state index < -0.39 is 0 Å². The van der Waals surface area contributed by atoms with Crippen molar-refractivity contribution in [3.05, 3.63) is 12.7 Å². The third-order valence-electron chi connectivity index (χ3n) is 2.99. The molecular weight excluding hydrogens is 240 g/mol. The Bertz CT molecular complexity index is 223. The average molecular weight is 260 g/mol. The summed E-state index contributed by atoms with van der Waals surface area (Å²) in [5.41, 5.74) is 0. The zero-order chi connectivity index (χ0) is 10.7. The molecular formula is C12H20S3. The van der Waals surface area contributed by atoms with Crippen LogP contribution in [-0.4, -0.2) is 26.1 Å². The molecule has 0 radical (unpaired) electrons. The van der Waals surface area contributed by atoms with Crippen LogP contribution in [0.15, 0.2) is 12.7 Å². The van der Waals surface area contributed by atoms with E-state index in [1.165, 1.54) is 31.4 Å². The first-order chi connectivity index (χ1) is 7.22. The van der Waals surface area contributed by atoms with Gasteiger partial charge in [0.25, 0.3) is 0 Å². The van der Waals surface area contributed by atoms with Crippen LogP contribution in [0.1, 0.15) is 32.6 Å². The predicted octanol–water partition coefficient (Wildman–Crippen LogP) is 4.41. The molecule has 3 unspecified atom stereocenters. The Morgan fingerprint density at radius 3 is 2.87 bits per heavy atom. The molecule has 0 aromatic rings. The number of hydrogen-bond acceptors (Lipinski definition) is 3. The van der Waals surface area contributed by atoms with Crippen molar-refractivity contribution in [2.75, 3.05) is 11.5 Å². The normalized spacial score (nSPS) is 40.1. The summed E-state index contributed by atoms with van der Waals surface area (Å²) in [6, 6.07) is 0. The van der Waals surface area contributed by atoms with Crippen molar-refractivity contribution in [1.82, 2.24) is 0 Å². The Balaban J connectivity index is 1.73. The maximum Gasteiger partial charge on any atom is 0.0677 e. The SMILES string of the molecule is C=CCSC1CCCC(SC2(C)CS2)C1. The molecule has 3 atom stereocenters. The van der Waals surface area contributed by atoms with Gasteiger partial charge < -0.3 is 0 Å². The van der Waals surface area contributed by atoms with Gasteiger partial charge in [-0.05, 0) is 26.2 Å². The van der Waals surface area contributed by atoms with E-state index in [0.717, 1.165) is 16.3 Å². The van der Waals surface area contributed by atoms with Gasteiger partial charge in [0.05, 0.1) is 4.08 Å². The molecule has 1 saturated carbocycles. The molecule has 86 valence electrons. The van der Waals surface area contributed by atoms with E-state index in [1.54, 1.807) is 0 Å². The van der Waals surface area contributed by atoms with E-state index in [1.807, 2.05) is 6.08 Å². The van der Waals surface area contributed by atoms with Crippen LogP contribution in [0, 0.1) is 0 Å². The molecule has 0 spiro atoms. The van der Waals surface area contributed by atoms with Crippen molar-refractivity contribution >= 4 is 35.3 Å². The second-order valence-electron chi connectivity index (χ2n) is 4.57. The second-order valence-corrected chi connectivity index (χ2v) is 9.45. The monoisotopic (exact) mass is 260 g/mol. The molecule has 0 aromatic carbocycles. The van der Waals surface area contributed by atoms with Gasteiger partial charge in [-0.1, -0.05) is 12.5 Å². The summed E-state index contributed by atoms with van der Waals surface area (Å²) in [5.74, 6) is 2.51. The molecule has 1 saturated heterocycles. The van der Waals surface area contributed by atoms with Gasteiger partial charge in [-0.2, -0.15) is 11.8 Å². The molecule has 0 nitrogen and oxygen atoms in total. The van der Waals surface area contributed by atoms with Gasteiger partial charge in [0.15, 0.2) is 0 Å². The van der Waals surface area contributed by atoms with Crippen LogP contribution in [0.25, 0.3) is 0 Å². The molecule has 3 heteroatoms. The quantitative estimate of drug-likeness (QED) is 0.531. The summed E-state index contributed by atoms with van der Waals surface area (Å²) in [6.07, 6.45) is 7.79. The van der Waals surface area contributed by atoms with Crippen LogP contribution in [0.5, 0.6) is 0 Å². The van der Waals surface area contributed by atoms with Gasteiger partial charge in [0.2, 0.25) is 0 Å². The van der Waals surface area contributed by atoms with Crippen molar-refractivity contribution in [2.45, 2.75) is 47.2 Å². The Hall–Kier alpha value is 0.790. The molecule has 1 aliphatic heterocycles. The molecule has 15 heavy (non-hydrogen) atoms. The number of thioether (sulfide) groups is 3. The van der Waals surface area contributed by atoms with E-state index in [9.17, 15) is 0 Å². The minimum absolute atomic E-state index is 0.593. The lowest BCUT2D eigenvalue weighted by Crippen LogP contribution is -2.21. The fraction of sp³-hybridized carbons (Fsp3) is 0.833. The van der Waals surface area contributed by atoms with Crippen molar-refractivity contribution in [3.8, 4) is 0 Å². The van der Waals surface area contributed by atoms with Gasteiger partial charge in [0.1, 0.15) is 0 Å². The highest BCUT2D eigenvalue weighted by Crippen LogP contribution is 2.56. The highest BCUT2D eigenvalue weighted by molar-refractivity contribution is 8.25. The van der Waals surface area contributed by atoms with Crippen molar-refractivity contribution < 1.29 is 0 Å². The molecule has 0 bridgehead atoms. The van der Waals surface area contributed by atoms with Gasteiger partial charge >= 0.3 is 0 Å². The van der Waals surface area contributed by atoms with E-state index >= 15 is 0 Å². The summed E-state index contributed by atoms with van der Waals surface area (Å²) in [6.45, 7) is 6.21. The molecule has 0 N–H and O–H groups in total. The maximum atomic E-state index is 3.80. The van der Waals surface area contributed by atoms with Crippen molar-refractivity contribution in [3.63, 3.8) is 0 Å². The van der Waals surface area contributed by atoms with Crippen LogP contribution in [0.3, 0.4) is 0 Å². The van der Waals surface area contributed by atoms with Crippen LogP contribution in [-0.2, 0) is 0 Å². The van der Waals surface area contributed by atoms with Crippen LogP contribution >= 0.6 is 35.3 Å². The fourth-order valence-electron chi connectivity index (χ4n) is 2.09. The zero-order valence-electron chi connectivity index (χ0n) is 9.41. The van der Waals surface area contributed by atoms with Crippen molar-refractivity contribution in [1.29, 1.82) is 0 Å². The van der Waals surface area contributed by atoms with E-state index in [-0.39, 0.29) is 0 Å². The van der Waals surface area contributed by atoms with Crippen LogP contribution in [0.2, 0.25) is 0 Å². The third-order valence-corrected chi connectivity index (χ3v) is 7.68. The molecule has 1 aliphatic carbocycles. The Kier molecular flexibility index (Phi) is 4.42. The third kappa shape index (κ3) is 3.94. The van der Waals surface area contributed by atoms with Crippen LogP contribution < -0.4 is 0 Å². The maximum absolute atomic E-state index is 3.80. The highest BCUT2D eigenvalue weighted by Gasteiger charge is 2.42. The van der Waals surface area contributed by atoms with E-state index in [2.05, 4.69) is 48.8 Å². The lowest BCUT2D eigenvalue weighted by molar-refractivity contribution is 0.527. The smallest absolute Gasteiger partial charge is 0.0677 e. The number of rotatable bonds is 5. The first kappa shape index (κ1) is 12.3. The average Bonchev–Trinajstić information content (AvgIpc) is 2.93. The summed E-state index contributed by atoms with van der Waals surface area (Å²) in [7, 11) is 0. The molecule has 0 aromatic heterocycles. The molecule has 2 aliphatic rings. The Morgan fingerprint density at radius 2 is 2.20 bits per heavy atom. The summed E-state index contributed by atoms with van der Waals surface area (Å²) in [5, 5.41) is 1.84. The predicted molar refractivity (Wildman–Crippen MR) is 77.2 cm³/mol. The van der Waals surface area contributed by atoms with Gasteiger partial charge in [-0.3, -0.25) is 0 Å². The summed E-state index contributed by atoms with van der Waals surface area (Å²) < 4.78 is 0.593. The summed E-state index contributed by atoms with van der Waals surface area (Å²) in [4.78, 5) is 0. The largest absolute Gasteiger partial charge is 0.154 e. The standard InChI is InChI=1S/C12H20S3/c1-3-7-13-10-5-4-6-11(8-10)15-12(2)9-14-12/h3,10-11H,1,4-9H2,2H3. The van der Waals surface area contributed by atoms with E-state index in [0.29, 0.717) is 4.08 Å². The van der Waals surface area contributed by atoms with Gasteiger partial charge in [-0.25, -0.2) is 0 Å². The second kappa shape index (κ2) is 5.42. The van der Waals surface area contributed by atoms with Crippen LogP contribution in [0.4, 0.5) is 0 Å². The molecule has 0 amide bonds. The highest BCUT2D eigenvalue weighted by atomic mass is 32.2. The first-order valence-electron chi connectivity index (χ1n) is 5.76. The van der Waals surface area contributed by atoms with E-state index in [4.69, 9.17) is 0 Å². The van der Waals surface area contributed by atoms with Crippen molar-refractivity contribution in [2.24, 2.45) is 0 Å². The Morgan fingerprint density at radius 1 is 1.47 bits per heavy atom. The first-order valence-corrected chi connectivity index (χ1v) is 8.67. The fourth-order valence-corrected chi connectivity index (χ4v) is 5.97. The minimum Gasteiger partial charge on any atom is -0.154 e. The zero-order valence-corrected chi connectivity index (χ0v) is 11.9. The molecule has 2 rings (SSSR count). The lowest BCUT2D eigenvalue weighted by atomic mass is 10.00. The summed E-state index contributed by atoms with van der Waals surface area (Å²) >= 11 is 6.48.